The van der Waals surface area contributed by atoms with Crippen LogP contribution in [0.4, 0.5) is 26.3 Å². The summed E-state index contributed by atoms with van der Waals surface area (Å²) in [4.78, 5) is 0. The van der Waals surface area contributed by atoms with Crippen LogP contribution in [0, 0.1) is 29.1 Å². The van der Waals surface area contributed by atoms with Crippen LogP contribution in [0.5, 0.6) is 0 Å². The van der Waals surface area contributed by atoms with E-state index in [2.05, 4.69) is 13.0 Å². The van der Waals surface area contributed by atoms with Crippen LogP contribution >= 0.6 is 0 Å². The molecule has 0 spiro atoms. The summed E-state index contributed by atoms with van der Waals surface area (Å²) in [5.74, 6) is 2.81. The van der Waals surface area contributed by atoms with Crippen molar-refractivity contribution in [2.75, 3.05) is 0 Å². The van der Waals surface area contributed by atoms with Crippen molar-refractivity contribution in [2.24, 2.45) is 17.3 Å². The van der Waals surface area contributed by atoms with Crippen molar-refractivity contribution in [3.05, 3.63) is 34.9 Å². The molecule has 0 bridgehead atoms. The zero-order valence-electron chi connectivity index (χ0n) is 19.8. The standard InChI is InChI=1S/C26H32F6O3/c1-16(5-3-12-24(35,25(27,28)29)26(30,31)32)21-9-10-22-18(6-4-11-23(21,22)2)8-7-17-13-19(33)15-20(34)14-17/h7-9,16,19-20,22,33-35H,4-6,10-11,13-15H2,1-2H3/b18-8+/t16-,19-,20-,22?,23-/m1/s1. The molecule has 0 radical (unpaired) electrons. The molecule has 3 aliphatic rings. The first-order valence-electron chi connectivity index (χ1n) is 11.9. The molecule has 5 atom stereocenters. The van der Waals surface area contributed by atoms with Gasteiger partial charge in [0.05, 0.1) is 12.2 Å². The SMILES string of the molecule is C[C@H](CC#CC(O)(C(F)(F)F)C(F)(F)F)C1=CCC2/C(=C/C=C3C[C@@H](O)C[C@H](O)C3)CCC[C@]12C. The molecule has 0 amide bonds. The van der Waals surface area contributed by atoms with Gasteiger partial charge in [-0.2, -0.15) is 26.3 Å². The molecule has 0 saturated heterocycles. The van der Waals surface area contributed by atoms with Gasteiger partial charge in [-0.05, 0) is 68.1 Å². The van der Waals surface area contributed by atoms with Gasteiger partial charge in [-0.25, -0.2) is 0 Å². The van der Waals surface area contributed by atoms with Crippen molar-refractivity contribution in [3.8, 4) is 11.8 Å². The summed E-state index contributed by atoms with van der Waals surface area (Å²) in [5, 5.41) is 29.1. The van der Waals surface area contributed by atoms with E-state index < -0.39 is 30.2 Å². The maximum Gasteiger partial charge on any atom is 0.438 e. The van der Waals surface area contributed by atoms with Crippen molar-refractivity contribution in [2.45, 2.75) is 95.4 Å². The summed E-state index contributed by atoms with van der Waals surface area (Å²) < 4.78 is 77.3. The van der Waals surface area contributed by atoms with Gasteiger partial charge in [-0.15, -0.1) is 0 Å². The molecule has 3 rings (SSSR count). The number of halogens is 6. The molecule has 3 N–H and O–H groups in total. The molecule has 0 aromatic heterocycles. The minimum absolute atomic E-state index is 0.166. The van der Waals surface area contributed by atoms with Gasteiger partial charge in [-0.1, -0.05) is 54.7 Å². The van der Waals surface area contributed by atoms with E-state index in [-0.39, 0.29) is 23.7 Å². The smallest absolute Gasteiger partial charge is 0.393 e. The van der Waals surface area contributed by atoms with E-state index in [0.29, 0.717) is 19.3 Å². The van der Waals surface area contributed by atoms with E-state index in [1.165, 1.54) is 5.57 Å². The van der Waals surface area contributed by atoms with Crippen LogP contribution in [-0.2, 0) is 0 Å². The van der Waals surface area contributed by atoms with Crippen molar-refractivity contribution in [1.29, 1.82) is 0 Å². The molecule has 0 heterocycles. The molecule has 2 saturated carbocycles. The lowest BCUT2D eigenvalue weighted by Gasteiger charge is -2.42. The molecule has 9 heteroatoms. The first-order chi connectivity index (χ1) is 16.1. The Morgan fingerprint density at radius 1 is 1.09 bits per heavy atom. The number of alkyl halides is 6. The van der Waals surface area contributed by atoms with Crippen LogP contribution in [-0.4, -0.2) is 45.5 Å². The average Bonchev–Trinajstić information content (AvgIpc) is 3.07. The molecular formula is C26H32F6O3. The van der Waals surface area contributed by atoms with Crippen molar-refractivity contribution in [1.82, 2.24) is 0 Å². The van der Waals surface area contributed by atoms with E-state index in [1.54, 1.807) is 6.92 Å². The van der Waals surface area contributed by atoms with Gasteiger partial charge in [0, 0.05) is 6.42 Å². The van der Waals surface area contributed by atoms with Crippen LogP contribution in [0.15, 0.2) is 34.9 Å². The van der Waals surface area contributed by atoms with Gasteiger partial charge < -0.3 is 15.3 Å². The topological polar surface area (TPSA) is 60.7 Å². The quantitative estimate of drug-likeness (QED) is 0.259. The third kappa shape index (κ3) is 5.65. The van der Waals surface area contributed by atoms with Crippen LogP contribution in [0.3, 0.4) is 0 Å². The van der Waals surface area contributed by atoms with Crippen LogP contribution in [0.25, 0.3) is 0 Å². The Balaban J connectivity index is 1.75. The molecule has 2 fully saturated rings. The normalized spacial score (nSPS) is 32.0. The van der Waals surface area contributed by atoms with E-state index >= 15 is 0 Å². The fraction of sp³-hybridized carbons (Fsp3) is 0.692. The number of fused-ring (bicyclic) bond motifs is 1. The molecule has 3 nitrogen and oxygen atoms in total. The number of rotatable bonds is 3. The second kappa shape index (κ2) is 9.95. The van der Waals surface area contributed by atoms with Crippen molar-refractivity contribution < 1.29 is 41.7 Å². The zero-order valence-corrected chi connectivity index (χ0v) is 19.8. The fourth-order valence-corrected chi connectivity index (χ4v) is 5.89. The number of hydrogen-bond donors (Lipinski definition) is 3. The summed E-state index contributed by atoms with van der Waals surface area (Å²) in [6.07, 6.45) is -2.46. The molecule has 0 aromatic carbocycles. The number of aliphatic hydroxyl groups is 3. The number of allylic oxidation sites excluding steroid dienone is 5. The maximum absolute atomic E-state index is 12.9. The average molecular weight is 507 g/mol. The molecule has 1 unspecified atom stereocenters. The van der Waals surface area contributed by atoms with Crippen LogP contribution in [0.2, 0.25) is 0 Å². The van der Waals surface area contributed by atoms with Crippen LogP contribution in [0.1, 0.15) is 65.2 Å². The highest BCUT2D eigenvalue weighted by Crippen LogP contribution is 2.57. The molecule has 0 aliphatic heterocycles. The summed E-state index contributed by atoms with van der Waals surface area (Å²) in [5.41, 5.74) is -2.16. The van der Waals surface area contributed by atoms with Gasteiger partial charge in [-0.3, -0.25) is 0 Å². The van der Waals surface area contributed by atoms with Gasteiger partial charge in [0.25, 0.3) is 0 Å². The fourth-order valence-electron chi connectivity index (χ4n) is 5.89. The highest BCUT2D eigenvalue weighted by molar-refractivity contribution is 5.35. The predicted molar refractivity (Wildman–Crippen MR) is 119 cm³/mol. The molecule has 3 aliphatic carbocycles. The first-order valence-corrected chi connectivity index (χ1v) is 11.9. The second-order valence-corrected chi connectivity index (χ2v) is 10.3. The van der Waals surface area contributed by atoms with E-state index in [4.69, 9.17) is 0 Å². The van der Waals surface area contributed by atoms with E-state index in [0.717, 1.165) is 42.7 Å². The Morgan fingerprint density at radius 3 is 2.26 bits per heavy atom. The summed E-state index contributed by atoms with van der Waals surface area (Å²) >= 11 is 0. The zero-order chi connectivity index (χ0) is 26.2. The summed E-state index contributed by atoms with van der Waals surface area (Å²) in [6.45, 7) is 3.82. The Hall–Kier alpha value is -1.76. The van der Waals surface area contributed by atoms with E-state index in [1.807, 2.05) is 18.1 Å². The maximum atomic E-state index is 12.9. The molecule has 0 aromatic rings. The largest absolute Gasteiger partial charge is 0.438 e. The Morgan fingerprint density at radius 2 is 1.69 bits per heavy atom. The lowest BCUT2D eigenvalue weighted by molar-refractivity contribution is -0.343. The van der Waals surface area contributed by atoms with Crippen molar-refractivity contribution >= 4 is 0 Å². The third-order valence-electron chi connectivity index (χ3n) is 7.71. The predicted octanol–water partition coefficient (Wildman–Crippen LogP) is 5.77. The number of aliphatic hydroxyl groups excluding tert-OH is 2. The van der Waals surface area contributed by atoms with Gasteiger partial charge in [0.15, 0.2) is 0 Å². The summed E-state index contributed by atoms with van der Waals surface area (Å²) in [6, 6.07) is 0. The molecule has 196 valence electrons. The highest BCUT2D eigenvalue weighted by Gasteiger charge is 2.70. The Labute approximate surface area is 201 Å². The monoisotopic (exact) mass is 506 g/mol. The van der Waals surface area contributed by atoms with Crippen molar-refractivity contribution in [3.63, 3.8) is 0 Å². The Bertz CT molecular complexity index is 923. The lowest BCUT2D eigenvalue weighted by Crippen LogP contribution is -2.55. The minimum atomic E-state index is -5.95. The lowest BCUT2D eigenvalue weighted by atomic mass is 9.62. The van der Waals surface area contributed by atoms with E-state index in [9.17, 15) is 41.7 Å². The second-order valence-electron chi connectivity index (χ2n) is 10.3. The van der Waals surface area contributed by atoms with Gasteiger partial charge in [0.2, 0.25) is 0 Å². The van der Waals surface area contributed by atoms with Crippen LogP contribution < -0.4 is 0 Å². The minimum Gasteiger partial charge on any atom is -0.393 e. The number of hydrogen-bond acceptors (Lipinski definition) is 3. The third-order valence-corrected chi connectivity index (χ3v) is 7.71. The van der Waals surface area contributed by atoms with Gasteiger partial charge >= 0.3 is 18.0 Å². The first kappa shape index (κ1) is 27.8. The Kier molecular flexibility index (Phi) is 7.91. The van der Waals surface area contributed by atoms with Gasteiger partial charge in [0.1, 0.15) is 0 Å². The summed E-state index contributed by atoms with van der Waals surface area (Å²) in [7, 11) is 0. The molecular weight excluding hydrogens is 474 g/mol. The molecule has 35 heavy (non-hydrogen) atoms. The highest BCUT2D eigenvalue weighted by atomic mass is 19.4.